The Bertz CT molecular complexity index is 476. The van der Waals surface area contributed by atoms with E-state index in [9.17, 15) is 9.18 Å². The second-order valence-electron chi connectivity index (χ2n) is 3.90. The maximum Gasteiger partial charge on any atom is 0.157 e. The molecule has 2 rings (SSSR count). The fourth-order valence-corrected chi connectivity index (χ4v) is 1.90. The van der Waals surface area contributed by atoms with E-state index in [-0.39, 0.29) is 16.7 Å². The fraction of sp³-hybridized carbons (Fsp3) is 0.333. The molecule has 1 aliphatic carbocycles. The van der Waals surface area contributed by atoms with Gasteiger partial charge in [-0.2, -0.15) is 5.26 Å². The highest BCUT2D eigenvalue weighted by atomic mass is 35.5. The van der Waals surface area contributed by atoms with Crippen molar-refractivity contribution in [2.45, 2.75) is 18.8 Å². The number of carbonyl (C=O) groups excluding carboxylic acids is 1. The zero-order chi connectivity index (χ0) is 11.7. The number of hydrogen-bond donors (Lipinski definition) is 0. The van der Waals surface area contributed by atoms with Gasteiger partial charge in [-0.25, -0.2) is 4.39 Å². The molecule has 1 fully saturated rings. The highest BCUT2D eigenvalue weighted by molar-refractivity contribution is 6.31. The molecule has 0 spiro atoms. The molecule has 0 saturated heterocycles. The standard InChI is InChI=1S/C12H9ClFNO/c13-11-5-8(14)3-4-9(11)10(6-15)12(16)7-1-2-7/h3-5,7,10H,1-2H2. The average Bonchev–Trinajstić information content (AvgIpc) is 3.05. The summed E-state index contributed by atoms with van der Waals surface area (Å²) in [5.74, 6) is -1.44. The Balaban J connectivity index is 2.33. The van der Waals surface area contributed by atoms with Crippen molar-refractivity contribution in [1.29, 1.82) is 5.26 Å². The third-order valence-corrected chi connectivity index (χ3v) is 2.99. The average molecular weight is 238 g/mol. The molecule has 0 bridgehead atoms. The number of halogens is 2. The minimum Gasteiger partial charge on any atom is -0.298 e. The molecule has 2 nitrogen and oxygen atoms in total. The molecule has 0 aromatic heterocycles. The molecule has 0 amide bonds. The van der Waals surface area contributed by atoms with E-state index < -0.39 is 11.7 Å². The molecule has 0 aliphatic heterocycles. The van der Waals surface area contributed by atoms with E-state index in [1.54, 1.807) is 0 Å². The van der Waals surface area contributed by atoms with Gasteiger partial charge in [-0.05, 0) is 30.5 Å². The molecular formula is C12H9ClFNO. The minimum absolute atomic E-state index is 0.00855. The normalized spacial score (nSPS) is 16.6. The van der Waals surface area contributed by atoms with Gasteiger partial charge < -0.3 is 0 Å². The lowest BCUT2D eigenvalue weighted by molar-refractivity contribution is -0.120. The summed E-state index contributed by atoms with van der Waals surface area (Å²) >= 11 is 5.83. The van der Waals surface area contributed by atoms with Crippen molar-refractivity contribution in [3.63, 3.8) is 0 Å². The highest BCUT2D eigenvalue weighted by Crippen LogP contribution is 2.37. The number of carbonyl (C=O) groups is 1. The predicted molar refractivity (Wildman–Crippen MR) is 57.5 cm³/mol. The predicted octanol–water partition coefficient (Wildman–Crippen LogP) is 3.07. The number of hydrogen-bond acceptors (Lipinski definition) is 2. The topological polar surface area (TPSA) is 40.9 Å². The quantitative estimate of drug-likeness (QED) is 0.811. The van der Waals surface area contributed by atoms with Gasteiger partial charge in [-0.1, -0.05) is 17.7 Å². The van der Waals surface area contributed by atoms with Crippen LogP contribution in [0.3, 0.4) is 0 Å². The van der Waals surface area contributed by atoms with E-state index in [4.69, 9.17) is 16.9 Å². The molecule has 0 heterocycles. The van der Waals surface area contributed by atoms with Gasteiger partial charge in [-0.15, -0.1) is 0 Å². The van der Waals surface area contributed by atoms with Crippen molar-refractivity contribution in [1.82, 2.24) is 0 Å². The summed E-state index contributed by atoms with van der Waals surface area (Å²) < 4.78 is 12.8. The van der Waals surface area contributed by atoms with E-state index in [2.05, 4.69) is 0 Å². The molecule has 1 unspecified atom stereocenters. The number of rotatable bonds is 3. The summed E-state index contributed by atoms with van der Waals surface area (Å²) in [5, 5.41) is 9.14. The van der Waals surface area contributed by atoms with Crippen molar-refractivity contribution < 1.29 is 9.18 Å². The Morgan fingerprint density at radius 2 is 2.25 bits per heavy atom. The van der Waals surface area contributed by atoms with Gasteiger partial charge in [-0.3, -0.25) is 4.79 Å². The van der Waals surface area contributed by atoms with Crippen molar-refractivity contribution in [3.05, 3.63) is 34.6 Å². The third kappa shape index (κ3) is 2.07. The molecule has 16 heavy (non-hydrogen) atoms. The number of ketones is 1. The van der Waals surface area contributed by atoms with Crippen LogP contribution in [0.25, 0.3) is 0 Å². The minimum atomic E-state index is -0.861. The highest BCUT2D eigenvalue weighted by Gasteiger charge is 2.36. The lowest BCUT2D eigenvalue weighted by Crippen LogP contribution is -2.13. The van der Waals surface area contributed by atoms with E-state index >= 15 is 0 Å². The molecule has 4 heteroatoms. The fourth-order valence-electron chi connectivity index (χ4n) is 1.63. The molecule has 1 aromatic carbocycles. The largest absolute Gasteiger partial charge is 0.298 e. The Kier molecular flexibility index (Phi) is 2.93. The Morgan fingerprint density at radius 3 is 2.75 bits per heavy atom. The summed E-state index contributed by atoms with van der Waals surface area (Å²) in [7, 11) is 0. The van der Waals surface area contributed by atoms with Gasteiger partial charge in [0, 0.05) is 10.9 Å². The molecule has 1 aromatic rings. The molecular weight excluding hydrogens is 229 g/mol. The molecule has 1 saturated carbocycles. The van der Waals surface area contributed by atoms with Crippen LogP contribution in [0.1, 0.15) is 24.3 Å². The Labute approximate surface area is 97.6 Å². The van der Waals surface area contributed by atoms with Crippen molar-refractivity contribution in [2.24, 2.45) is 5.92 Å². The molecule has 82 valence electrons. The van der Waals surface area contributed by atoms with E-state index in [0.29, 0.717) is 5.56 Å². The first-order valence-corrected chi connectivity index (χ1v) is 5.39. The Morgan fingerprint density at radius 1 is 1.56 bits per heavy atom. The smallest absolute Gasteiger partial charge is 0.157 e. The summed E-state index contributed by atoms with van der Waals surface area (Å²) in [4.78, 5) is 11.8. The number of nitrogens with zero attached hydrogens (tertiary/aromatic N) is 1. The van der Waals surface area contributed by atoms with E-state index in [0.717, 1.165) is 18.9 Å². The first-order chi connectivity index (χ1) is 7.63. The zero-order valence-corrected chi connectivity index (χ0v) is 9.17. The van der Waals surface area contributed by atoms with Crippen LogP contribution in [0.5, 0.6) is 0 Å². The summed E-state index contributed by atoms with van der Waals surface area (Å²) in [6.45, 7) is 0. The van der Waals surface area contributed by atoms with Crippen LogP contribution in [-0.2, 0) is 4.79 Å². The van der Waals surface area contributed by atoms with Crippen LogP contribution in [0, 0.1) is 23.1 Å². The van der Waals surface area contributed by atoms with Gasteiger partial charge in [0.25, 0.3) is 0 Å². The van der Waals surface area contributed by atoms with Gasteiger partial charge in [0.2, 0.25) is 0 Å². The molecule has 1 atom stereocenters. The van der Waals surface area contributed by atoms with Crippen molar-refractivity contribution in [3.8, 4) is 6.07 Å². The van der Waals surface area contributed by atoms with Crippen molar-refractivity contribution >= 4 is 17.4 Å². The summed E-state index contributed by atoms with van der Waals surface area (Å²) in [5.41, 5.74) is 0.405. The maximum absolute atomic E-state index is 12.8. The van der Waals surface area contributed by atoms with E-state index in [1.165, 1.54) is 12.1 Å². The first-order valence-electron chi connectivity index (χ1n) is 5.01. The Hall–Kier alpha value is -1.40. The molecule has 0 radical (unpaired) electrons. The number of nitriles is 1. The van der Waals surface area contributed by atoms with Crippen LogP contribution in [0.4, 0.5) is 4.39 Å². The lowest BCUT2D eigenvalue weighted by Gasteiger charge is -2.09. The third-order valence-electron chi connectivity index (χ3n) is 2.67. The van der Waals surface area contributed by atoms with Crippen LogP contribution in [0.15, 0.2) is 18.2 Å². The van der Waals surface area contributed by atoms with Gasteiger partial charge in [0.1, 0.15) is 11.7 Å². The van der Waals surface area contributed by atoms with Crippen molar-refractivity contribution in [2.75, 3.05) is 0 Å². The van der Waals surface area contributed by atoms with Gasteiger partial charge >= 0.3 is 0 Å². The second-order valence-corrected chi connectivity index (χ2v) is 4.31. The SMILES string of the molecule is N#CC(C(=O)C1CC1)c1ccc(F)cc1Cl. The van der Waals surface area contributed by atoms with E-state index in [1.807, 2.05) is 6.07 Å². The number of benzene rings is 1. The summed E-state index contributed by atoms with van der Waals surface area (Å²) in [6, 6.07) is 5.69. The van der Waals surface area contributed by atoms with Gasteiger partial charge in [0.05, 0.1) is 6.07 Å². The monoisotopic (exact) mass is 237 g/mol. The van der Waals surface area contributed by atoms with Crippen LogP contribution in [-0.4, -0.2) is 5.78 Å². The van der Waals surface area contributed by atoms with Crippen LogP contribution < -0.4 is 0 Å². The van der Waals surface area contributed by atoms with Crippen LogP contribution in [0.2, 0.25) is 5.02 Å². The molecule has 1 aliphatic rings. The lowest BCUT2D eigenvalue weighted by atomic mass is 9.93. The van der Waals surface area contributed by atoms with Crippen LogP contribution >= 0.6 is 11.6 Å². The van der Waals surface area contributed by atoms with Gasteiger partial charge in [0.15, 0.2) is 5.78 Å². The zero-order valence-electron chi connectivity index (χ0n) is 8.41. The molecule has 0 N–H and O–H groups in total. The number of Topliss-reactive ketones (excluding diaryl/α,β-unsaturated/α-hetero) is 1. The first kappa shape index (κ1) is 11.1. The summed E-state index contributed by atoms with van der Waals surface area (Å²) in [6.07, 6.45) is 1.69. The maximum atomic E-state index is 12.8. The second kappa shape index (κ2) is 4.23.